The quantitative estimate of drug-likeness (QED) is 0.495. The molecule has 0 aromatic carbocycles. The fourth-order valence-electron chi connectivity index (χ4n) is 2.29. The van der Waals surface area contributed by atoms with Crippen molar-refractivity contribution in [3.63, 3.8) is 0 Å². The summed E-state index contributed by atoms with van der Waals surface area (Å²) in [6.45, 7) is 1.11. The Kier molecular flexibility index (Phi) is 3.77. The van der Waals surface area contributed by atoms with Crippen molar-refractivity contribution in [1.82, 2.24) is 10.2 Å². The fourth-order valence-corrected chi connectivity index (χ4v) is 2.29. The van der Waals surface area contributed by atoms with Crippen LogP contribution in [0.1, 0.15) is 13.3 Å². The molecule has 2 rings (SSSR count). The third kappa shape index (κ3) is 2.20. The van der Waals surface area contributed by atoms with Crippen LogP contribution in [0.5, 0.6) is 0 Å². The summed E-state index contributed by atoms with van der Waals surface area (Å²) in [5.41, 5.74) is -1.40. The molecule has 108 valence electrons. The van der Waals surface area contributed by atoms with Crippen molar-refractivity contribution in [2.45, 2.75) is 43.8 Å². The maximum Gasteiger partial charge on any atom is 0.248 e. The van der Waals surface area contributed by atoms with E-state index in [0.717, 1.165) is 11.0 Å². The average molecular weight is 276 g/mol. The third-order valence-corrected chi connectivity index (χ3v) is 3.58. The maximum absolute atomic E-state index is 14.1. The molecular weight excluding hydrogens is 259 g/mol. The molecule has 1 fully saturated rings. The van der Waals surface area contributed by atoms with Crippen LogP contribution < -0.4 is 5.32 Å². The summed E-state index contributed by atoms with van der Waals surface area (Å²) >= 11 is 0. The summed E-state index contributed by atoms with van der Waals surface area (Å²) in [5, 5.41) is 31.0. The van der Waals surface area contributed by atoms with Gasteiger partial charge < -0.3 is 30.3 Å². The van der Waals surface area contributed by atoms with E-state index in [4.69, 9.17) is 4.74 Å². The van der Waals surface area contributed by atoms with Gasteiger partial charge in [-0.1, -0.05) is 6.92 Å². The number of carbonyl (C=O) groups excluding carboxylic acids is 1. The maximum atomic E-state index is 14.1. The van der Waals surface area contributed by atoms with Gasteiger partial charge in [0, 0.05) is 12.3 Å². The number of amides is 1. The Hall–Kier alpha value is -1.22. The molecule has 1 amide bonds. The SMILES string of the molecule is CCC1(CO)OC(N2C=CC(=O)NC2O)C(F)C1O. The molecule has 1 saturated heterocycles. The number of ether oxygens (including phenoxy) is 1. The van der Waals surface area contributed by atoms with Gasteiger partial charge in [0.2, 0.25) is 12.3 Å². The van der Waals surface area contributed by atoms with Crippen LogP contribution in [-0.2, 0) is 9.53 Å². The molecule has 0 spiro atoms. The Morgan fingerprint density at radius 1 is 1.58 bits per heavy atom. The number of alkyl halides is 1. The molecule has 0 saturated carbocycles. The summed E-state index contributed by atoms with van der Waals surface area (Å²) in [4.78, 5) is 12.1. The second-order valence-electron chi connectivity index (χ2n) is 4.62. The second-order valence-corrected chi connectivity index (χ2v) is 4.62. The molecule has 0 bridgehead atoms. The van der Waals surface area contributed by atoms with E-state index in [2.05, 4.69) is 5.32 Å². The minimum Gasteiger partial charge on any atom is -0.393 e. The molecule has 0 aromatic rings. The fraction of sp³-hybridized carbons (Fsp3) is 0.727. The monoisotopic (exact) mass is 276 g/mol. The molecule has 2 heterocycles. The van der Waals surface area contributed by atoms with E-state index in [1.807, 2.05) is 0 Å². The van der Waals surface area contributed by atoms with E-state index in [9.17, 15) is 24.5 Å². The first-order chi connectivity index (χ1) is 8.95. The number of nitrogens with one attached hydrogen (secondary N) is 1. The van der Waals surface area contributed by atoms with Crippen molar-refractivity contribution in [3.05, 3.63) is 12.3 Å². The lowest BCUT2D eigenvalue weighted by atomic mass is 9.94. The molecule has 2 aliphatic rings. The van der Waals surface area contributed by atoms with Gasteiger partial charge in [-0.25, -0.2) is 4.39 Å². The lowest BCUT2D eigenvalue weighted by molar-refractivity contribution is -0.174. The Morgan fingerprint density at radius 3 is 2.74 bits per heavy atom. The summed E-state index contributed by atoms with van der Waals surface area (Å²) < 4.78 is 19.5. The minimum absolute atomic E-state index is 0.210. The predicted octanol–water partition coefficient (Wildman–Crippen LogP) is -1.60. The largest absolute Gasteiger partial charge is 0.393 e. The van der Waals surface area contributed by atoms with Crippen LogP contribution >= 0.6 is 0 Å². The number of hydrogen-bond acceptors (Lipinski definition) is 6. The molecule has 7 nitrogen and oxygen atoms in total. The first-order valence-corrected chi connectivity index (χ1v) is 6.00. The van der Waals surface area contributed by atoms with Gasteiger partial charge in [0.15, 0.2) is 12.4 Å². The number of aliphatic hydroxyl groups is 3. The molecule has 2 aliphatic heterocycles. The normalized spacial score (nSPS) is 42.6. The van der Waals surface area contributed by atoms with E-state index in [-0.39, 0.29) is 6.42 Å². The summed E-state index contributed by atoms with van der Waals surface area (Å²) in [5.74, 6) is -0.512. The van der Waals surface area contributed by atoms with Crippen molar-refractivity contribution >= 4 is 5.91 Å². The van der Waals surface area contributed by atoms with Gasteiger partial charge >= 0.3 is 0 Å². The molecule has 8 heteroatoms. The van der Waals surface area contributed by atoms with Crippen molar-refractivity contribution in [2.24, 2.45) is 0 Å². The zero-order valence-electron chi connectivity index (χ0n) is 10.4. The summed E-state index contributed by atoms with van der Waals surface area (Å²) in [7, 11) is 0. The standard InChI is InChI=1S/C11H17FN2O5/c1-2-11(5-15)8(17)7(12)9(19-11)14-4-3-6(16)13-10(14)18/h3-4,7-10,15,17-18H,2,5H2,1H3,(H,13,16). The van der Waals surface area contributed by atoms with Crippen LogP contribution in [0.4, 0.5) is 4.39 Å². The van der Waals surface area contributed by atoms with Crippen LogP contribution in [0.25, 0.3) is 0 Å². The number of carbonyl (C=O) groups is 1. The van der Waals surface area contributed by atoms with E-state index >= 15 is 0 Å². The molecule has 0 radical (unpaired) electrons. The predicted molar refractivity (Wildman–Crippen MR) is 61.0 cm³/mol. The highest BCUT2D eigenvalue weighted by atomic mass is 19.1. The van der Waals surface area contributed by atoms with Gasteiger partial charge in [0.1, 0.15) is 11.7 Å². The van der Waals surface area contributed by atoms with Crippen molar-refractivity contribution in [1.29, 1.82) is 0 Å². The van der Waals surface area contributed by atoms with Crippen LogP contribution in [0, 0.1) is 0 Å². The average Bonchev–Trinajstić information content (AvgIpc) is 2.64. The lowest BCUT2D eigenvalue weighted by Crippen LogP contribution is -2.54. The molecule has 4 N–H and O–H groups in total. The summed E-state index contributed by atoms with van der Waals surface area (Å²) in [6, 6.07) is 0. The molecule has 5 unspecified atom stereocenters. The molecule has 0 aromatic heterocycles. The van der Waals surface area contributed by atoms with E-state index in [1.54, 1.807) is 6.92 Å². The highest BCUT2D eigenvalue weighted by Crippen LogP contribution is 2.37. The van der Waals surface area contributed by atoms with Crippen LogP contribution in [-0.4, -0.2) is 63.2 Å². The molecule has 5 atom stereocenters. The van der Waals surface area contributed by atoms with Crippen LogP contribution in [0.15, 0.2) is 12.3 Å². The van der Waals surface area contributed by atoms with Gasteiger partial charge in [-0.15, -0.1) is 0 Å². The van der Waals surface area contributed by atoms with Gasteiger partial charge in [0.25, 0.3) is 0 Å². The Bertz CT molecular complexity index is 387. The second kappa shape index (κ2) is 5.04. The van der Waals surface area contributed by atoms with Crippen LogP contribution in [0.2, 0.25) is 0 Å². The smallest absolute Gasteiger partial charge is 0.248 e. The van der Waals surface area contributed by atoms with E-state index in [1.165, 1.54) is 6.20 Å². The van der Waals surface area contributed by atoms with Gasteiger partial charge in [0.05, 0.1) is 6.61 Å². The van der Waals surface area contributed by atoms with Crippen molar-refractivity contribution in [2.75, 3.05) is 6.61 Å². The first-order valence-electron chi connectivity index (χ1n) is 6.00. The summed E-state index contributed by atoms with van der Waals surface area (Å²) in [6.07, 6.45) is -3.54. The van der Waals surface area contributed by atoms with E-state index < -0.39 is 43.0 Å². The highest BCUT2D eigenvalue weighted by Gasteiger charge is 2.56. The third-order valence-electron chi connectivity index (χ3n) is 3.58. The zero-order chi connectivity index (χ0) is 14.2. The topological polar surface area (TPSA) is 102 Å². The van der Waals surface area contributed by atoms with Gasteiger partial charge in [-0.05, 0) is 6.42 Å². The number of hydrogen-bond donors (Lipinski definition) is 4. The number of aliphatic hydroxyl groups excluding tert-OH is 3. The van der Waals surface area contributed by atoms with Gasteiger partial charge in [-0.2, -0.15) is 0 Å². The molecular formula is C11H17FN2O5. The Labute approximate surface area is 109 Å². The minimum atomic E-state index is -1.82. The van der Waals surface area contributed by atoms with Crippen molar-refractivity contribution < 1.29 is 29.2 Å². The Morgan fingerprint density at radius 2 is 2.26 bits per heavy atom. The lowest BCUT2D eigenvalue weighted by Gasteiger charge is -2.35. The molecule has 0 aliphatic carbocycles. The van der Waals surface area contributed by atoms with Crippen molar-refractivity contribution in [3.8, 4) is 0 Å². The zero-order valence-corrected chi connectivity index (χ0v) is 10.4. The van der Waals surface area contributed by atoms with E-state index in [0.29, 0.717) is 0 Å². The first kappa shape index (κ1) is 14.2. The number of nitrogens with zero attached hydrogens (tertiary/aromatic N) is 1. The number of rotatable bonds is 3. The highest BCUT2D eigenvalue weighted by molar-refractivity contribution is 5.88. The number of halogens is 1. The van der Waals surface area contributed by atoms with Gasteiger partial charge in [-0.3, -0.25) is 4.79 Å². The van der Waals surface area contributed by atoms with Crippen LogP contribution in [0.3, 0.4) is 0 Å². The molecule has 19 heavy (non-hydrogen) atoms. The Balaban J connectivity index is 2.22.